The summed E-state index contributed by atoms with van der Waals surface area (Å²) in [7, 11) is 0. The summed E-state index contributed by atoms with van der Waals surface area (Å²) < 4.78 is 5.68. The number of carbonyl (C=O) groups excluding carboxylic acids is 1. The Morgan fingerprint density at radius 2 is 1.66 bits per heavy atom. The second kappa shape index (κ2) is 7.90. The van der Waals surface area contributed by atoms with Crippen molar-refractivity contribution in [3.05, 3.63) is 59.7 Å². The Morgan fingerprint density at radius 1 is 1.07 bits per heavy atom. The normalized spacial score (nSPS) is 20.6. The third kappa shape index (κ3) is 3.74. The van der Waals surface area contributed by atoms with E-state index in [-0.39, 0.29) is 18.4 Å². The number of benzene rings is 2. The Bertz CT molecular complexity index is 877. The third-order valence-corrected chi connectivity index (χ3v) is 6.05. The van der Waals surface area contributed by atoms with E-state index in [1.807, 2.05) is 24.3 Å². The van der Waals surface area contributed by atoms with Crippen LogP contribution >= 0.6 is 0 Å². The number of hydrogen-bond donors (Lipinski definition) is 1. The summed E-state index contributed by atoms with van der Waals surface area (Å²) >= 11 is 0. The highest BCUT2D eigenvalue weighted by Gasteiger charge is 2.41. The molecule has 1 fully saturated rings. The summed E-state index contributed by atoms with van der Waals surface area (Å²) in [6, 6.07) is 15.6. The quantitative estimate of drug-likeness (QED) is 0.796. The number of rotatable bonds is 5. The van der Waals surface area contributed by atoms with Crippen LogP contribution in [0.25, 0.3) is 11.1 Å². The van der Waals surface area contributed by atoms with E-state index in [2.05, 4.69) is 38.1 Å². The van der Waals surface area contributed by atoms with Crippen molar-refractivity contribution in [2.75, 3.05) is 13.2 Å². The van der Waals surface area contributed by atoms with E-state index in [1.54, 1.807) is 0 Å². The first-order chi connectivity index (χ1) is 14.0. The van der Waals surface area contributed by atoms with Crippen molar-refractivity contribution >= 4 is 12.1 Å². The lowest BCUT2D eigenvalue weighted by atomic mass is 9.95. The molecule has 0 spiro atoms. The smallest absolute Gasteiger partial charge is 0.410 e. The Balaban J connectivity index is 1.49. The molecular formula is C24H27NO4. The van der Waals surface area contributed by atoms with E-state index < -0.39 is 18.1 Å². The molecule has 0 saturated carbocycles. The Morgan fingerprint density at radius 3 is 2.21 bits per heavy atom. The molecule has 1 amide bonds. The van der Waals surface area contributed by atoms with Gasteiger partial charge in [0.25, 0.3) is 0 Å². The minimum atomic E-state index is -0.954. The fraction of sp³-hybridized carbons (Fsp3) is 0.417. The van der Waals surface area contributed by atoms with E-state index in [9.17, 15) is 14.7 Å². The van der Waals surface area contributed by atoms with E-state index in [1.165, 1.54) is 16.0 Å². The topological polar surface area (TPSA) is 66.8 Å². The molecule has 1 aliphatic heterocycles. The van der Waals surface area contributed by atoms with Crippen molar-refractivity contribution in [1.82, 2.24) is 4.90 Å². The predicted molar refractivity (Wildman–Crippen MR) is 111 cm³/mol. The van der Waals surface area contributed by atoms with Gasteiger partial charge < -0.3 is 9.84 Å². The molecule has 2 aromatic rings. The van der Waals surface area contributed by atoms with Crippen LogP contribution in [-0.2, 0) is 9.53 Å². The van der Waals surface area contributed by atoms with Crippen LogP contribution in [0.5, 0.6) is 0 Å². The number of likely N-dealkylation sites (tertiary alicyclic amines) is 1. The van der Waals surface area contributed by atoms with Gasteiger partial charge in [0.1, 0.15) is 12.6 Å². The van der Waals surface area contributed by atoms with E-state index >= 15 is 0 Å². The van der Waals surface area contributed by atoms with Gasteiger partial charge in [0.15, 0.2) is 0 Å². The molecule has 1 aliphatic carbocycles. The molecule has 2 aromatic carbocycles. The summed E-state index contributed by atoms with van der Waals surface area (Å²) in [6.07, 6.45) is 0.889. The molecular weight excluding hydrogens is 366 g/mol. The number of nitrogens with zero attached hydrogens (tertiary/aromatic N) is 1. The van der Waals surface area contributed by atoms with Crippen LogP contribution < -0.4 is 0 Å². The average molecular weight is 393 g/mol. The van der Waals surface area contributed by atoms with Gasteiger partial charge >= 0.3 is 12.1 Å². The molecule has 1 saturated heterocycles. The van der Waals surface area contributed by atoms with Crippen molar-refractivity contribution < 1.29 is 19.4 Å². The molecule has 1 heterocycles. The van der Waals surface area contributed by atoms with Crippen LogP contribution in [0.3, 0.4) is 0 Å². The zero-order valence-corrected chi connectivity index (χ0v) is 16.9. The van der Waals surface area contributed by atoms with E-state index in [4.69, 9.17) is 4.74 Å². The Kier molecular flexibility index (Phi) is 5.31. The summed E-state index contributed by atoms with van der Waals surface area (Å²) in [5.74, 6) is -0.304. The van der Waals surface area contributed by atoms with Gasteiger partial charge in [-0.1, -0.05) is 62.4 Å². The second-order valence-corrected chi connectivity index (χ2v) is 8.54. The SMILES string of the molecule is CC(C)C[C@@H]1C[C@@H](C(=O)O)N(C(=O)OCC2c3ccccc3-c3ccccc32)C1. The van der Waals surface area contributed by atoms with Crippen LogP contribution in [0, 0.1) is 11.8 Å². The highest BCUT2D eigenvalue weighted by Crippen LogP contribution is 2.44. The molecule has 29 heavy (non-hydrogen) atoms. The molecule has 152 valence electrons. The molecule has 0 radical (unpaired) electrons. The number of carboxylic acid groups (broad SMARTS) is 1. The minimum absolute atomic E-state index is 0.0244. The standard InChI is InChI=1S/C24H27NO4/c1-15(2)11-16-12-22(23(26)27)25(13-16)24(28)29-14-21-19-9-5-3-7-17(19)18-8-4-6-10-20(18)21/h3-10,15-16,21-22H,11-14H2,1-2H3,(H,26,27)/t16-,22+/m1/s1. The number of carbonyl (C=O) groups is 2. The molecule has 2 aliphatic rings. The molecule has 5 heteroatoms. The van der Waals surface area contributed by atoms with Gasteiger partial charge in [-0.3, -0.25) is 4.90 Å². The maximum absolute atomic E-state index is 12.8. The van der Waals surface area contributed by atoms with Crippen LogP contribution in [0.15, 0.2) is 48.5 Å². The van der Waals surface area contributed by atoms with Gasteiger partial charge in [0, 0.05) is 12.5 Å². The molecule has 2 atom stereocenters. The lowest BCUT2D eigenvalue weighted by molar-refractivity contribution is -0.141. The highest BCUT2D eigenvalue weighted by molar-refractivity contribution is 5.81. The van der Waals surface area contributed by atoms with E-state index in [0.717, 1.165) is 17.5 Å². The van der Waals surface area contributed by atoms with Gasteiger partial charge in [0.05, 0.1) is 0 Å². The second-order valence-electron chi connectivity index (χ2n) is 8.54. The van der Waals surface area contributed by atoms with Crippen molar-refractivity contribution in [1.29, 1.82) is 0 Å². The van der Waals surface area contributed by atoms with Gasteiger partial charge in [-0.05, 0) is 46.9 Å². The van der Waals surface area contributed by atoms with Crippen molar-refractivity contribution in [2.24, 2.45) is 11.8 Å². The maximum atomic E-state index is 12.8. The molecule has 0 aromatic heterocycles. The van der Waals surface area contributed by atoms with Gasteiger partial charge in [-0.2, -0.15) is 0 Å². The van der Waals surface area contributed by atoms with Crippen molar-refractivity contribution in [3.8, 4) is 11.1 Å². The number of hydrogen-bond acceptors (Lipinski definition) is 3. The molecule has 0 bridgehead atoms. The summed E-state index contributed by atoms with van der Waals surface area (Å²) in [5.41, 5.74) is 4.64. The lowest BCUT2D eigenvalue weighted by Crippen LogP contribution is -2.41. The van der Waals surface area contributed by atoms with Gasteiger partial charge in [-0.15, -0.1) is 0 Å². The Hall–Kier alpha value is -2.82. The zero-order chi connectivity index (χ0) is 20.5. The first-order valence-electron chi connectivity index (χ1n) is 10.3. The first-order valence-corrected chi connectivity index (χ1v) is 10.3. The third-order valence-electron chi connectivity index (χ3n) is 6.05. The largest absolute Gasteiger partial charge is 0.480 e. The lowest BCUT2D eigenvalue weighted by Gasteiger charge is -2.22. The van der Waals surface area contributed by atoms with Crippen LogP contribution in [0.1, 0.15) is 43.7 Å². The number of fused-ring (bicyclic) bond motifs is 3. The number of ether oxygens (including phenoxy) is 1. The van der Waals surface area contributed by atoms with Gasteiger partial charge in [-0.25, -0.2) is 9.59 Å². The number of amides is 1. The monoisotopic (exact) mass is 393 g/mol. The van der Waals surface area contributed by atoms with Crippen LogP contribution in [-0.4, -0.2) is 41.3 Å². The zero-order valence-electron chi connectivity index (χ0n) is 16.9. The fourth-order valence-electron chi connectivity index (χ4n) is 4.87. The first kappa shape index (κ1) is 19.5. The highest BCUT2D eigenvalue weighted by atomic mass is 16.6. The van der Waals surface area contributed by atoms with Crippen molar-refractivity contribution in [3.63, 3.8) is 0 Å². The number of carboxylic acids is 1. The van der Waals surface area contributed by atoms with Crippen molar-refractivity contribution in [2.45, 2.75) is 38.6 Å². The molecule has 0 unspecified atom stereocenters. The molecule has 5 nitrogen and oxygen atoms in total. The minimum Gasteiger partial charge on any atom is -0.480 e. The fourth-order valence-corrected chi connectivity index (χ4v) is 4.87. The molecule has 4 rings (SSSR count). The predicted octanol–water partition coefficient (Wildman–Crippen LogP) is 4.76. The summed E-state index contributed by atoms with van der Waals surface area (Å²) in [6.45, 7) is 4.90. The summed E-state index contributed by atoms with van der Waals surface area (Å²) in [5, 5.41) is 9.58. The average Bonchev–Trinajstić information content (AvgIpc) is 3.25. The number of aliphatic carboxylic acids is 1. The summed E-state index contributed by atoms with van der Waals surface area (Å²) in [4.78, 5) is 25.9. The van der Waals surface area contributed by atoms with Crippen LogP contribution in [0.4, 0.5) is 4.79 Å². The van der Waals surface area contributed by atoms with Crippen LogP contribution in [0.2, 0.25) is 0 Å². The maximum Gasteiger partial charge on any atom is 0.410 e. The van der Waals surface area contributed by atoms with E-state index in [0.29, 0.717) is 18.9 Å². The Labute approximate surface area is 171 Å². The van der Waals surface area contributed by atoms with Gasteiger partial charge in [0.2, 0.25) is 0 Å². The molecule has 1 N–H and O–H groups in total.